The number of benzene rings is 2. The normalized spacial score (nSPS) is 12.1. The van der Waals surface area contributed by atoms with Gasteiger partial charge in [-0.2, -0.15) is 0 Å². The lowest BCUT2D eigenvalue weighted by Gasteiger charge is -2.20. The van der Waals surface area contributed by atoms with Crippen molar-refractivity contribution < 1.29 is 14.6 Å². The number of aromatic nitrogens is 1. The molecule has 29 heavy (non-hydrogen) atoms. The molecule has 7 heteroatoms. The number of aromatic hydroxyl groups is 1. The van der Waals surface area contributed by atoms with Gasteiger partial charge in [0.2, 0.25) is 5.88 Å². The maximum absolute atomic E-state index is 12.2. The van der Waals surface area contributed by atoms with E-state index in [0.717, 1.165) is 15.6 Å². The zero-order valence-corrected chi connectivity index (χ0v) is 18.7. The van der Waals surface area contributed by atoms with Crippen molar-refractivity contribution in [1.82, 2.24) is 4.57 Å². The van der Waals surface area contributed by atoms with Gasteiger partial charge >= 0.3 is 5.91 Å². The SMILES string of the molecule is Cc1cc(C(C)(C)C)ccc1OCC(=O)N=Nc1c(O)n(C)c2ccc(Br)cc12. The summed E-state index contributed by atoms with van der Waals surface area (Å²) in [4.78, 5) is 12.2. The zero-order chi connectivity index (χ0) is 21.3. The Labute approximate surface area is 178 Å². The van der Waals surface area contributed by atoms with E-state index in [2.05, 4.69) is 53.0 Å². The van der Waals surface area contributed by atoms with Crippen LogP contribution < -0.4 is 4.74 Å². The number of carbonyl (C=O) groups is 1. The third-order valence-electron chi connectivity index (χ3n) is 4.76. The van der Waals surface area contributed by atoms with E-state index in [9.17, 15) is 9.90 Å². The van der Waals surface area contributed by atoms with Crippen LogP contribution in [0.25, 0.3) is 10.9 Å². The van der Waals surface area contributed by atoms with Gasteiger partial charge in [-0.3, -0.25) is 4.79 Å². The molecule has 3 rings (SSSR count). The Morgan fingerprint density at radius 2 is 1.93 bits per heavy atom. The first-order valence-electron chi connectivity index (χ1n) is 9.23. The van der Waals surface area contributed by atoms with Gasteiger partial charge in [0.05, 0.1) is 5.52 Å². The minimum atomic E-state index is -0.532. The van der Waals surface area contributed by atoms with Gasteiger partial charge < -0.3 is 14.4 Å². The van der Waals surface area contributed by atoms with Crippen molar-refractivity contribution in [2.45, 2.75) is 33.1 Å². The lowest BCUT2D eigenvalue weighted by molar-refractivity contribution is -0.120. The number of rotatable bonds is 4. The Morgan fingerprint density at radius 3 is 2.59 bits per heavy atom. The average molecular weight is 458 g/mol. The molecule has 1 N–H and O–H groups in total. The number of carbonyl (C=O) groups excluding carboxylic acids is 1. The molecule has 1 aromatic heterocycles. The number of hydrogen-bond acceptors (Lipinski definition) is 4. The van der Waals surface area contributed by atoms with Crippen molar-refractivity contribution >= 4 is 38.4 Å². The summed E-state index contributed by atoms with van der Waals surface area (Å²) >= 11 is 3.40. The topological polar surface area (TPSA) is 76.2 Å². The van der Waals surface area contributed by atoms with Crippen LogP contribution in [0.3, 0.4) is 0 Å². The number of halogens is 1. The van der Waals surface area contributed by atoms with E-state index in [1.165, 1.54) is 5.56 Å². The maximum atomic E-state index is 12.2. The number of ether oxygens (including phenoxy) is 1. The highest BCUT2D eigenvalue weighted by atomic mass is 79.9. The van der Waals surface area contributed by atoms with E-state index in [4.69, 9.17) is 4.74 Å². The number of azo groups is 1. The van der Waals surface area contributed by atoms with Gasteiger partial charge in [0.25, 0.3) is 0 Å². The molecule has 1 heterocycles. The second-order valence-electron chi connectivity index (χ2n) is 8.01. The standard InChI is InChI=1S/C22H24BrN3O3/c1-13-10-14(22(2,3)4)6-9-18(13)29-12-19(27)24-25-20-16-11-15(23)7-8-17(16)26(5)21(20)28/h6-11,28H,12H2,1-5H3. The number of nitrogens with zero attached hydrogens (tertiary/aromatic N) is 3. The van der Waals surface area contributed by atoms with Crippen molar-refractivity contribution in [1.29, 1.82) is 0 Å². The first-order chi connectivity index (χ1) is 13.6. The highest BCUT2D eigenvalue weighted by molar-refractivity contribution is 9.10. The molecule has 0 radical (unpaired) electrons. The second kappa shape index (κ2) is 7.99. The Bertz CT molecular complexity index is 1110. The highest BCUT2D eigenvalue weighted by Crippen LogP contribution is 2.39. The van der Waals surface area contributed by atoms with E-state index >= 15 is 0 Å². The van der Waals surface area contributed by atoms with Crippen molar-refractivity contribution in [3.63, 3.8) is 0 Å². The van der Waals surface area contributed by atoms with Crippen molar-refractivity contribution in [3.8, 4) is 11.6 Å². The van der Waals surface area contributed by atoms with E-state index in [0.29, 0.717) is 11.1 Å². The Balaban J connectivity index is 1.74. The van der Waals surface area contributed by atoms with Crippen molar-refractivity contribution in [3.05, 3.63) is 52.0 Å². The van der Waals surface area contributed by atoms with Gasteiger partial charge in [-0.1, -0.05) is 48.8 Å². The van der Waals surface area contributed by atoms with Crippen LogP contribution in [0, 0.1) is 6.92 Å². The fraction of sp³-hybridized carbons (Fsp3) is 0.318. The molecule has 152 valence electrons. The number of fused-ring (bicyclic) bond motifs is 1. The van der Waals surface area contributed by atoms with Crippen LogP contribution in [-0.2, 0) is 17.3 Å². The molecule has 2 aromatic carbocycles. The molecule has 0 bridgehead atoms. The smallest absolute Gasteiger partial charge is 0.302 e. The fourth-order valence-corrected chi connectivity index (χ4v) is 3.40. The molecule has 3 aromatic rings. The van der Waals surface area contributed by atoms with E-state index in [1.54, 1.807) is 11.6 Å². The summed E-state index contributed by atoms with van der Waals surface area (Å²) in [5, 5.41) is 18.7. The third-order valence-corrected chi connectivity index (χ3v) is 5.25. The lowest BCUT2D eigenvalue weighted by atomic mass is 9.86. The van der Waals surface area contributed by atoms with Crippen LogP contribution in [0.5, 0.6) is 11.6 Å². The van der Waals surface area contributed by atoms with Gasteiger partial charge in [0, 0.05) is 16.9 Å². The van der Waals surface area contributed by atoms with Crippen LogP contribution in [0.4, 0.5) is 5.69 Å². The van der Waals surface area contributed by atoms with Gasteiger partial charge in [0.15, 0.2) is 12.3 Å². The lowest BCUT2D eigenvalue weighted by Crippen LogP contribution is -2.12. The van der Waals surface area contributed by atoms with Crippen LogP contribution in [0.1, 0.15) is 31.9 Å². The number of amides is 1. The van der Waals surface area contributed by atoms with E-state index < -0.39 is 5.91 Å². The number of aryl methyl sites for hydroxylation is 2. The molecule has 0 saturated carbocycles. The summed E-state index contributed by atoms with van der Waals surface area (Å²) in [5.41, 5.74) is 3.24. The fourth-order valence-electron chi connectivity index (χ4n) is 3.03. The van der Waals surface area contributed by atoms with Crippen molar-refractivity contribution in [2.75, 3.05) is 6.61 Å². The molecule has 0 aliphatic carbocycles. The second-order valence-corrected chi connectivity index (χ2v) is 8.92. The zero-order valence-electron chi connectivity index (χ0n) is 17.2. The minimum Gasteiger partial charge on any atom is -0.493 e. The Hall–Kier alpha value is -2.67. The molecule has 0 unspecified atom stereocenters. The van der Waals surface area contributed by atoms with Crippen LogP contribution in [-0.4, -0.2) is 22.2 Å². The van der Waals surface area contributed by atoms with E-state index in [1.807, 2.05) is 37.3 Å². The maximum Gasteiger partial charge on any atom is 0.302 e. The highest BCUT2D eigenvalue weighted by Gasteiger charge is 2.16. The molecule has 6 nitrogen and oxygen atoms in total. The van der Waals surface area contributed by atoms with Crippen molar-refractivity contribution in [2.24, 2.45) is 17.3 Å². The molecule has 0 aliphatic heterocycles. The average Bonchev–Trinajstić information content (AvgIpc) is 2.88. The predicted molar refractivity (Wildman–Crippen MR) is 117 cm³/mol. The molecule has 0 spiro atoms. The minimum absolute atomic E-state index is 0.0444. The molecule has 0 fully saturated rings. The third kappa shape index (κ3) is 4.50. The van der Waals surface area contributed by atoms with Gasteiger partial charge in [-0.05, 0) is 47.7 Å². The van der Waals surface area contributed by atoms with Gasteiger partial charge in [-0.25, -0.2) is 0 Å². The summed E-state index contributed by atoms with van der Waals surface area (Å²) < 4.78 is 8.06. The molecule has 0 saturated heterocycles. The quantitative estimate of drug-likeness (QED) is 0.492. The summed E-state index contributed by atoms with van der Waals surface area (Å²) in [6, 6.07) is 11.5. The molecule has 0 aliphatic rings. The van der Waals surface area contributed by atoms with Gasteiger partial charge in [-0.15, -0.1) is 10.2 Å². The predicted octanol–water partition coefficient (Wildman–Crippen LogP) is 5.94. The number of hydrogen-bond donors (Lipinski definition) is 1. The molecular formula is C22H24BrN3O3. The summed E-state index contributed by atoms with van der Waals surface area (Å²) in [6.45, 7) is 8.16. The Morgan fingerprint density at radius 1 is 1.21 bits per heavy atom. The Kier molecular flexibility index (Phi) is 5.80. The largest absolute Gasteiger partial charge is 0.493 e. The monoisotopic (exact) mass is 457 g/mol. The van der Waals surface area contributed by atoms with E-state index in [-0.39, 0.29) is 23.6 Å². The first-order valence-corrected chi connectivity index (χ1v) is 10.0. The van der Waals surface area contributed by atoms with Crippen LogP contribution in [0.2, 0.25) is 0 Å². The summed E-state index contributed by atoms with van der Waals surface area (Å²) in [7, 11) is 1.72. The summed E-state index contributed by atoms with van der Waals surface area (Å²) in [5.74, 6) is 0.0540. The van der Waals surface area contributed by atoms with Crippen LogP contribution >= 0.6 is 15.9 Å². The van der Waals surface area contributed by atoms with Gasteiger partial charge in [0.1, 0.15) is 5.75 Å². The molecule has 1 amide bonds. The molecule has 0 atom stereocenters. The first kappa shape index (κ1) is 21.0. The summed E-state index contributed by atoms with van der Waals surface area (Å²) in [6.07, 6.45) is 0. The van der Waals surface area contributed by atoms with Crippen LogP contribution in [0.15, 0.2) is 51.1 Å². The molecular weight excluding hydrogens is 434 g/mol.